The number of anilines is 1. The largest absolute Gasteiger partial charge is 0.343 e. The third-order valence-corrected chi connectivity index (χ3v) is 4.65. The molecule has 0 N–H and O–H groups in total. The third-order valence-electron chi connectivity index (χ3n) is 3.86. The van der Waals surface area contributed by atoms with Crippen molar-refractivity contribution in [3.8, 4) is 0 Å². The van der Waals surface area contributed by atoms with E-state index in [4.69, 9.17) is 0 Å². The highest BCUT2D eigenvalue weighted by molar-refractivity contribution is 7.09. The molecule has 2 aromatic rings. The van der Waals surface area contributed by atoms with Crippen LogP contribution in [0.15, 0.2) is 24.3 Å². The Balaban J connectivity index is 1.62. The molecule has 0 radical (unpaired) electrons. The van der Waals surface area contributed by atoms with Crippen LogP contribution in [0.2, 0.25) is 0 Å². The van der Waals surface area contributed by atoms with Crippen LogP contribution < -0.4 is 4.90 Å². The number of carbonyl (C=O) groups is 1. The lowest BCUT2D eigenvalue weighted by atomic mass is 10.2. The highest BCUT2D eigenvalue weighted by Gasteiger charge is 2.24. The van der Waals surface area contributed by atoms with E-state index in [0.717, 1.165) is 11.0 Å². The van der Waals surface area contributed by atoms with Gasteiger partial charge in [-0.1, -0.05) is 19.9 Å². The Bertz CT molecular complexity index is 695. The number of nitrogens with zero attached hydrogens (tertiary/aromatic N) is 4. The van der Waals surface area contributed by atoms with Gasteiger partial charge >= 0.3 is 0 Å². The van der Waals surface area contributed by atoms with Crippen LogP contribution in [0, 0.1) is 5.82 Å². The van der Waals surface area contributed by atoms with E-state index in [1.807, 2.05) is 0 Å². The predicted octanol–water partition coefficient (Wildman–Crippen LogP) is 2.76. The molecule has 0 spiro atoms. The standard InChI is InChI=1S/C16H19FN4OS/c1-11(2)14-18-16(23-19-14)21-8-6-20(7-9-21)15(22)12-4-3-5-13(17)10-12/h3-5,10-11H,6-9H2,1-2H3. The molecule has 7 heteroatoms. The maximum absolute atomic E-state index is 13.3. The van der Waals surface area contributed by atoms with Crippen LogP contribution in [0.25, 0.3) is 0 Å². The first kappa shape index (κ1) is 15.9. The molecule has 1 aromatic carbocycles. The van der Waals surface area contributed by atoms with Crippen LogP contribution >= 0.6 is 11.5 Å². The van der Waals surface area contributed by atoms with Crippen LogP contribution in [0.1, 0.15) is 35.9 Å². The second kappa shape index (κ2) is 6.62. The van der Waals surface area contributed by atoms with Crippen molar-refractivity contribution < 1.29 is 9.18 Å². The molecule has 1 amide bonds. The molecule has 1 saturated heterocycles. The number of hydrogen-bond acceptors (Lipinski definition) is 5. The van der Waals surface area contributed by atoms with Gasteiger partial charge in [0.1, 0.15) is 11.6 Å². The minimum absolute atomic E-state index is 0.121. The Labute approximate surface area is 138 Å². The molecule has 1 aliphatic heterocycles. The van der Waals surface area contributed by atoms with Gasteiger partial charge in [-0.2, -0.15) is 4.37 Å². The Kier molecular flexibility index (Phi) is 4.56. The number of hydrogen-bond donors (Lipinski definition) is 0. The van der Waals surface area contributed by atoms with Crippen LogP contribution in [0.4, 0.5) is 9.52 Å². The summed E-state index contributed by atoms with van der Waals surface area (Å²) in [7, 11) is 0. The molecule has 0 unspecified atom stereocenters. The van der Waals surface area contributed by atoms with E-state index in [2.05, 4.69) is 28.1 Å². The Morgan fingerprint density at radius 1 is 1.26 bits per heavy atom. The second-order valence-corrected chi connectivity index (χ2v) is 6.61. The van der Waals surface area contributed by atoms with Crippen molar-refractivity contribution in [3.05, 3.63) is 41.5 Å². The lowest BCUT2D eigenvalue weighted by Crippen LogP contribution is -2.48. The van der Waals surface area contributed by atoms with Gasteiger partial charge in [0.15, 0.2) is 0 Å². The highest BCUT2D eigenvalue weighted by atomic mass is 32.1. The van der Waals surface area contributed by atoms with E-state index < -0.39 is 0 Å². The van der Waals surface area contributed by atoms with Crippen molar-refractivity contribution in [3.63, 3.8) is 0 Å². The number of piperazine rings is 1. The van der Waals surface area contributed by atoms with Gasteiger partial charge in [0, 0.05) is 49.2 Å². The normalized spacial score (nSPS) is 15.3. The summed E-state index contributed by atoms with van der Waals surface area (Å²) in [6.45, 7) is 6.78. The minimum Gasteiger partial charge on any atom is -0.343 e. The molecule has 122 valence electrons. The molecule has 1 aromatic heterocycles. The summed E-state index contributed by atoms with van der Waals surface area (Å²) in [5.41, 5.74) is 0.399. The van der Waals surface area contributed by atoms with Gasteiger partial charge in [0.05, 0.1) is 0 Å². The van der Waals surface area contributed by atoms with Crippen LogP contribution in [0.3, 0.4) is 0 Å². The first-order valence-electron chi connectivity index (χ1n) is 7.68. The van der Waals surface area contributed by atoms with Crippen molar-refractivity contribution in [2.75, 3.05) is 31.1 Å². The molecule has 1 fully saturated rings. The second-order valence-electron chi connectivity index (χ2n) is 5.88. The molecule has 5 nitrogen and oxygen atoms in total. The van der Waals surface area contributed by atoms with E-state index >= 15 is 0 Å². The predicted molar refractivity (Wildman–Crippen MR) is 88.5 cm³/mol. The zero-order valence-electron chi connectivity index (χ0n) is 13.2. The van der Waals surface area contributed by atoms with Gasteiger partial charge in [-0.05, 0) is 18.2 Å². The topological polar surface area (TPSA) is 49.3 Å². The maximum Gasteiger partial charge on any atom is 0.254 e. The number of carbonyl (C=O) groups excluding carboxylic acids is 1. The van der Waals surface area contributed by atoms with Crippen LogP contribution in [0.5, 0.6) is 0 Å². The summed E-state index contributed by atoms with van der Waals surface area (Å²) in [4.78, 5) is 20.9. The van der Waals surface area contributed by atoms with E-state index in [1.54, 1.807) is 17.0 Å². The number of benzene rings is 1. The maximum atomic E-state index is 13.3. The van der Waals surface area contributed by atoms with E-state index in [9.17, 15) is 9.18 Å². The van der Waals surface area contributed by atoms with Crippen LogP contribution in [-0.2, 0) is 0 Å². The lowest BCUT2D eigenvalue weighted by molar-refractivity contribution is 0.0746. The zero-order valence-corrected chi connectivity index (χ0v) is 14.0. The molecular weight excluding hydrogens is 315 g/mol. The number of rotatable bonds is 3. The highest BCUT2D eigenvalue weighted by Crippen LogP contribution is 2.22. The fraction of sp³-hybridized carbons (Fsp3) is 0.438. The number of amides is 1. The van der Waals surface area contributed by atoms with Gasteiger partial charge in [-0.15, -0.1) is 0 Å². The molecule has 2 heterocycles. The molecule has 3 rings (SSSR count). The van der Waals surface area contributed by atoms with Gasteiger partial charge in [-0.25, -0.2) is 9.37 Å². The Morgan fingerprint density at radius 3 is 2.61 bits per heavy atom. The summed E-state index contributed by atoms with van der Waals surface area (Å²) in [5.74, 6) is 0.674. The summed E-state index contributed by atoms with van der Waals surface area (Å²) < 4.78 is 17.6. The monoisotopic (exact) mass is 334 g/mol. The Hall–Kier alpha value is -2.02. The van der Waals surface area contributed by atoms with E-state index in [0.29, 0.717) is 37.7 Å². The average molecular weight is 334 g/mol. The quantitative estimate of drug-likeness (QED) is 0.866. The van der Waals surface area contributed by atoms with Gasteiger partial charge in [0.2, 0.25) is 5.13 Å². The molecule has 0 aliphatic carbocycles. The fourth-order valence-electron chi connectivity index (χ4n) is 2.49. The zero-order chi connectivity index (χ0) is 16.4. The third kappa shape index (κ3) is 3.50. The fourth-order valence-corrected chi connectivity index (χ4v) is 3.35. The molecule has 0 bridgehead atoms. The summed E-state index contributed by atoms with van der Waals surface area (Å²) >= 11 is 1.40. The molecular formula is C16H19FN4OS. The summed E-state index contributed by atoms with van der Waals surface area (Å²) in [5, 5.41) is 0.909. The first-order chi connectivity index (χ1) is 11.0. The van der Waals surface area contributed by atoms with Crippen molar-refractivity contribution in [1.29, 1.82) is 0 Å². The first-order valence-corrected chi connectivity index (χ1v) is 8.45. The smallest absolute Gasteiger partial charge is 0.254 e. The van der Waals surface area contributed by atoms with Crippen molar-refractivity contribution in [1.82, 2.24) is 14.3 Å². The lowest BCUT2D eigenvalue weighted by Gasteiger charge is -2.34. The van der Waals surface area contributed by atoms with Crippen molar-refractivity contribution >= 4 is 22.6 Å². The molecule has 1 aliphatic rings. The van der Waals surface area contributed by atoms with Crippen molar-refractivity contribution in [2.45, 2.75) is 19.8 Å². The number of aromatic nitrogens is 2. The molecule has 0 saturated carbocycles. The van der Waals surface area contributed by atoms with E-state index in [1.165, 1.54) is 23.7 Å². The van der Waals surface area contributed by atoms with Gasteiger partial charge in [-0.3, -0.25) is 4.79 Å². The SMILES string of the molecule is CC(C)c1nsc(N2CCN(C(=O)c3cccc(F)c3)CC2)n1. The van der Waals surface area contributed by atoms with E-state index in [-0.39, 0.29) is 11.7 Å². The average Bonchev–Trinajstić information content (AvgIpc) is 3.04. The van der Waals surface area contributed by atoms with Crippen LogP contribution in [-0.4, -0.2) is 46.3 Å². The van der Waals surface area contributed by atoms with Gasteiger partial charge < -0.3 is 9.80 Å². The summed E-state index contributed by atoms with van der Waals surface area (Å²) in [6, 6.07) is 5.84. The number of halogens is 1. The summed E-state index contributed by atoms with van der Waals surface area (Å²) in [6.07, 6.45) is 0. The molecule has 23 heavy (non-hydrogen) atoms. The van der Waals surface area contributed by atoms with Gasteiger partial charge in [0.25, 0.3) is 5.91 Å². The minimum atomic E-state index is -0.385. The Morgan fingerprint density at radius 2 is 2.00 bits per heavy atom. The molecule has 0 atom stereocenters. The van der Waals surface area contributed by atoms with Crippen molar-refractivity contribution in [2.24, 2.45) is 0 Å².